The minimum absolute atomic E-state index is 0.0263. The Morgan fingerprint density at radius 2 is 1.57 bits per heavy atom. The van der Waals surface area contributed by atoms with Gasteiger partial charge in [-0.2, -0.15) is 0 Å². The quantitative estimate of drug-likeness (QED) is 0.466. The Bertz CT molecular complexity index is 1160. The topological polar surface area (TPSA) is 68.0 Å². The first-order chi connectivity index (χ1) is 14.7. The molecule has 4 rings (SSSR count). The molecule has 3 N–H and O–H groups in total. The molecule has 0 bridgehead atoms. The lowest BCUT2D eigenvalue weighted by Gasteiger charge is -2.19. The van der Waals surface area contributed by atoms with Gasteiger partial charge in [0.15, 0.2) is 0 Å². The van der Waals surface area contributed by atoms with Gasteiger partial charge in [0.05, 0.1) is 29.4 Å². The fourth-order valence-corrected chi connectivity index (χ4v) is 3.81. The lowest BCUT2D eigenvalue weighted by atomic mass is 9.98. The fourth-order valence-electron chi connectivity index (χ4n) is 3.81. The lowest BCUT2D eigenvalue weighted by molar-refractivity contribution is -0.121. The van der Waals surface area contributed by atoms with Gasteiger partial charge in [-0.1, -0.05) is 85.8 Å². The maximum Gasteiger partial charge on any atom is 0.225 e. The average molecular weight is 396 g/mol. The van der Waals surface area contributed by atoms with E-state index in [1.807, 2.05) is 84.9 Å². The van der Waals surface area contributed by atoms with Crippen molar-refractivity contribution in [3.8, 4) is 11.3 Å². The van der Waals surface area contributed by atoms with Gasteiger partial charge in [-0.3, -0.25) is 4.79 Å². The predicted molar refractivity (Wildman–Crippen MR) is 123 cm³/mol. The summed E-state index contributed by atoms with van der Waals surface area (Å²) in [6.07, 6.45) is 1.02. The number of nitrogen functional groups attached to an aromatic ring is 1. The van der Waals surface area contributed by atoms with Crippen molar-refractivity contribution in [1.29, 1.82) is 0 Å². The van der Waals surface area contributed by atoms with E-state index in [1.54, 1.807) is 0 Å². The number of pyridine rings is 1. The molecule has 0 fully saturated rings. The summed E-state index contributed by atoms with van der Waals surface area (Å²) in [6.45, 7) is 2.07. The van der Waals surface area contributed by atoms with Crippen molar-refractivity contribution in [2.24, 2.45) is 0 Å². The number of para-hydroxylation sites is 1. The molecule has 30 heavy (non-hydrogen) atoms. The molecule has 0 aliphatic carbocycles. The third-order valence-corrected chi connectivity index (χ3v) is 5.37. The number of anilines is 1. The molecular formula is C26H25N3O. The molecule has 3 aromatic carbocycles. The van der Waals surface area contributed by atoms with E-state index < -0.39 is 0 Å². The van der Waals surface area contributed by atoms with Gasteiger partial charge in [0.1, 0.15) is 0 Å². The van der Waals surface area contributed by atoms with Crippen molar-refractivity contribution in [1.82, 2.24) is 10.3 Å². The van der Waals surface area contributed by atoms with Gasteiger partial charge in [0, 0.05) is 10.9 Å². The van der Waals surface area contributed by atoms with Crippen LogP contribution in [0.5, 0.6) is 0 Å². The number of nitrogens with two attached hydrogens (primary N) is 1. The van der Waals surface area contributed by atoms with Crippen molar-refractivity contribution >= 4 is 22.5 Å². The molecule has 4 nitrogen and oxygen atoms in total. The summed E-state index contributed by atoms with van der Waals surface area (Å²) in [7, 11) is 0. The van der Waals surface area contributed by atoms with E-state index in [-0.39, 0.29) is 18.4 Å². The van der Waals surface area contributed by atoms with E-state index in [0.29, 0.717) is 11.4 Å². The Labute approximate surface area is 176 Å². The molecule has 4 heteroatoms. The molecule has 0 radical (unpaired) electrons. The maximum atomic E-state index is 13.0. The summed E-state index contributed by atoms with van der Waals surface area (Å²) in [6, 6.07) is 27.7. The van der Waals surface area contributed by atoms with Crippen molar-refractivity contribution in [3.63, 3.8) is 0 Å². The van der Waals surface area contributed by atoms with Gasteiger partial charge in [0.2, 0.25) is 5.91 Å². The van der Waals surface area contributed by atoms with Crippen molar-refractivity contribution in [3.05, 3.63) is 96.1 Å². The predicted octanol–water partition coefficient (Wildman–Crippen LogP) is 5.29. The Morgan fingerprint density at radius 1 is 0.933 bits per heavy atom. The van der Waals surface area contributed by atoms with Crippen molar-refractivity contribution in [2.75, 3.05) is 5.73 Å². The molecule has 150 valence electrons. The summed E-state index contributed by atoms with van der Waals surface area (Å²) in [5.74, 6) is -0.0484. The largest absolute Gasteiger partial charge is 0.397 e. The fraction of sp³-hybridized carbons (Fsp3) is 0.154. The second kappa shape index (κ2) is 8.78. The van der Waals surface area contributed by atoms with Gasteiger partial charge < -0.3 is 11.1 Å². The molecule has 0 saturated heterocycles. The van der Waals surface area contributed by atoms with E-state index in [1.165, 1.54) is 0 Å². The number of hydrogen-bond donors (Lipinski definition) is 2. The Morgan fingerprint density at radius 3 is 2.27 bits per heavy atom. The Hall–Kier alpha value is -3.66. The van der Waals surface area contributed by atoms with Crippen LogP contribution in [0.4, 0.5) is 5.69 Å². The van der Waals surface area contributed by atoms with Crippen LogP contribution < -0.4 is 11.1 Å². The molecule has 1 aromatic heterocycles. The number of nitrogens with zero attached hydrogens (tertiary/aromatic N) is 1. The van der Waals surface area contributed by atoms with Crippen molar-refractivity contribution in [2.45, 2.75) is 25.8 Å². The molecule has 0 saturated carbocycles. The number of carbonyl (C=O) groups excluding carboxylic acids is 1. The summed E-state index contributed by atoms with van der Waals surface area (Å²) in [4.78, 5) is 17.8. The van der Waals surface area contributed by atoms with E-state index in [0.717, 1.165) is 34.0 Å². The third-order valence-electron chi connectivity index (χ3n) is 5.37. The molecule has 1 heterocycles. The summed E-state index contributed by atoms with van der Waals surface area (Å²) in [5.41, 5.74) is 11.5. The van der Waals surface area contributed by atoms with Crippen LogP contribution in [0.2, 0.25) is 0 Å². The highest BCUT2D eigenvalue weighted by atomic mass is 16.1. The van der Waals surface area contributed by atoms with Gasteiger partial charge in [0.25, 0.3) is 0 Å². The molecule has 0 spiro atoms. The van der Waals surface area contributed by atoms with Crippen LogP contribution in [0.3, 0.4) is 0 Å². The van der Waals surface area contributed by atoms with Crippen LogP contribution in [-0.2, 0) is 11.2 Å². The second-order valence-electron chi connectivity index (χ2n) is 7.35. The average Bonchev–Trinajstić information content (AvgIpc) is 2.80. The van der Waals surface area contributed by atoms with E-state index in [4.69, 9.17) is 10.7 Å². The number of carbonyl (C=O) groups is 1. The van der Waals surface area contributed by atoms with Gasteiger partial charge >= 0.3 is 0 Å². The van der Waals surface area contributed by atoms with Crippen LogP contribution in [0.25, 0.3) is 22.2 Å². The van der Waals surface area contributed by atoms with E-state index in [9.17, 15) is 4.79 Å². The highest BCUT2D eigenvalue weighted by molar-refractivity contribution is 5.96. The molecule has 1 atom stereocenters. The van der Waals surface area contributed by atoms with Crippen LogP contribution >= 0.6 is 0 Å². The first-order valence-electron chi connectivity index (χ1n) is 10.2. The number of benzene rings is 3. The van der Waals surface area contributed by atoms with Crippen LogP contribution in [0.15, 0.2) is 84.9 Å². The molecule has 0 unspecified atom stereocenters. The number of rotatable bonds is 6. The zero-order valence-corrected chi connectivity index (χ0v) is 17.0. The number of hydrogen-bond acceptors (Lipinski definition) is 3. The second-order valence-corrected chi connectivity index (χ2v) is 7.35. The summed E-state index contributed by atoms with van der Waals surface area (Å²) in [5, 5.41) is 4.08. The van der Waals surface area contributed by atoms with Gasteiger partial charge in [-0.05, 0) is 23.6 Å². The zero-order valence-electron chi connectivity index (χ0n) is 17.0. The standard InChI is InChI=1S/C26H25N3O/c1-2-22(18-11-5-3-6-12-18)28-24(30)17-21-20-15-9-10-16-23(20)29-26(25(21)27)19-13-7-4-8-14-19/h3-16,22H,2,17,27H2,1H3,(H,28,30)/t22-/m0/s1. The van der Waals surface area contributed by atoms with Crippen LogP contribution in [0, 0.1) is 0 Å². The SMILES string of the molecule is CC[C@H](NC(=O)Cc1c(N)c(-c2ccccc2)nc2ccccc12)c1ccccc1. The van der Waals surface area contributed by atoms with E-state index in [2.05, 4.69) is 12.2 Å². The third kappa shape index (κ3) is 4.03. The molecule has 4 aromatic rings. The number of nitrogens with one attached hydrogen (secondary N) is 1. The molecule has 0 aliphatic heterocycles. The highest BCUT2D eigenvalue weighted by Crippen LogP contribution is 2.32. The summed E-state index contributed by atoms with van der Waals surface area (Å²) < 4.78 is 0. The molecule has 1 amide bonds. The maximum absolute atomic E-state index is 13.0. The minimum Gasteiger partial charge on any atom is -0.397 e. The van der Waals surface area contributed by atoms with Gasteiger partial charge in [-0.25, -0.2) is 4.98 Å². The zero-order chi connectivity index (χ0) is 20.9. The molecule has 0 aliphatic rings. The Balaban J connectivity index is 1.69. The molecular weight excluding hydrogens is 370 g/mol. The van der Waals surface area contributed by atoms with Crippen molar-refractivity contribution < 1.29 is 4.79 Å². The number of aromatic nitrogens is 1. The van der Waals surface area contributed by atoms with E-state index >= 15 is 0 Å². The highest BCUT2D eigenvalue weighted by Gasteiger charge is 2.18. The minimum atomic E-state index is -0.0484. The number of fused-ring (bicyclic) bond motifs is 1. The first-order valence-corrected chi connectivity index (χ1v) is 10.2. The summed E-state index contributed by atoms with van der Waals surface area (Å²) >= 11 is 0. The first kappa shape index (κ1) is 19.6. The monoisotopic (exact) mass is 395 g/mol. The normalized spacial score (nSPS) is 11.9. The number of amides is 1. The smallest absolute Gasteiger partial charge is 0.225 e. The lowest BCUT2D eigenvalue weighted by Crippen LogP contribution is -2.29. The van der Waals surface area contributed by atoms with Crippen LogP contribution in [0.1, 0.15) is 30.5 Å². The Kier molecular flexibility index (Phi) is 5.75. The van der Waals surface area contributed by atoms with Crippen LogP contribution in [-0.4, -0.2) is 10.9 Å². The van der Waals surface area contributed by atoms with Gasteiger partial charge in [-0.15, -0.1) is 0 Å².